The van der Waals surface area contributed by atoms with E-state index in [-0.39, 0.29) is 16.4 Å². The minimum atomic E-state index is -3.91. The van der Waals surface area contributed by atoms with E-state index in [0.717, 1.165) is 0 Å². The molecule has 0 unspecified atom stereocenters. The van der Waals surface area contributed by atoms with E-state index in [1.54, 1.807) is 0 Å². The van der Waals surface area contributed by atoms with Crippen molar-refractivity contribution in [1.82, 2.24) is 4.98 Å². The van der Waals surface area contributed by atoms with Crippen LogP contribution in [0.2, 0.25) is 10.0 Å². The molecule has 6 nitrogen and oxygen atoms in total. The summed E-state index contributed by atoms with van der Waals surface area (Å²) < 4.78 is 27.7. The Morgan fingerprint density at radius 1 is 1.14 bits per heavy atom. The summed E-state index contributed by atoms with van der Waals surface area (Å²) in [6.45, 7) is 0. The van der Waals surface area contributed by atoms with E-state index in [1.165, 1.54) is 30.5 Å². The average molecular weight is 412 g/mol. The van der Waals surface area contributed by atoms with Gasteiger partial charge in [0, 0.05) is 20.7 Å². The molecule has 1 aromatic heterocycles. The number of hydrazine groups is 1. The van der Waals surface area contributed by atoms with Gasteiger partial charge in [0.1, 0.15) is 4.90 Å². The van der Waals surface area contributed by atoms with Crippen molar-refractivity contribution in [2.45, 2.75) is 4.90 Å². The van der Waals surface area contributed by atoms with Gasteiger partial charge in [0.05, 0.1) is 5.69 Å². The molecule has 0 saturated heterocycles. The smallest absolute Gasteiger partial charge is 0.265 e. The maximum Gasteiger partial charge on any atom is 0.265 e. The highest BCUT2D eigenvalue weighted by molar-refractivity contribution is 9.10. The maximum absolute atomic E-state index is 12.4. The summed E-state index contributed by atoms with van der Waals surface area (Å²) in [6.07, 6.45) is 1.42. The summed E-state index contributed by atoms with van der Waals surface area (Å²) in [7, 11) is -3.91. The number of halogens is 3. The van der Waals surface area contributed by atoms with E-state index >= 15 is 0 Å². The first-order valence-corrected chi connectivity index (χ1v) is 8.46. The second-order valence-corrected chi connectivity index (χ2v) is 7.35. The largest absolute Gasteiger partial charge is 0.307 e. The van der Waals surface area contributed by atoms with Crippen LogP contribution >= 0.6 is 39.1 Å². The molecule has 0 fully saturated rings. The van der Waals surface area contributed by atoms with Gasteiger partial charge in [-0.2, -0.15) is 0 Å². The number of benzene rings is 1. The molecule has 21 heavy (non-hydrogen) atoms. The predicted molar refractivity (Wildman–Crippen MR) is 87.0 cm³/mol. The van der Waals surface area contributed by atoms with E-state index in [4.69, 9.17) is 29.0 Å². The lowest BCUT2D eigenvalue weighted by Gasteiger charge is -2.12. The van der Waals surface area contributed by atoms with Crippen molar-refractivity contribution < 1.29 is 8.42 Å². The molecule has 0 spiro atoms. The average Bonchev–Trinajstić information content (AvgIpc) is 2.36. The monoisotopic (exact) mass is 410 g/mol. The van der Waals surface area contributed by atoms with E-state index in [1.807, 2.05) is 0 Å². The molecule has 0 amide bonds. The van der Waals surface area contributed by atoms with Crippen LogP contribution in [0.3, 0.4) is 0 Å². The number of hydrogen-bond acceptors (Lipinski definition) is 5. The zero-order valence-electron chi connectivity index (χ0n) is 10.3. The molecule has 1 aromatic carbocycles. The van der Waals surface area contributed by atoms with Gasteiger partial charge in [-0.1, -0.05) is 23.2 Å². The minimum Gasteiger partial charge on any atom is -0.307 e. The third-order valence-corrected chi connectivity index (χ3v) is 4.63. The van der Waals surface area contributed by atoms with Crippen LogP contribution in [0.4, 0.5) is 11.5 Å². The van der Waals surface area contributed by atoms with Crippen molar-refractivity contribution in [1.29, 1.82) is 0 Å². The Morgan fingerprint density at radius 3 is 2.33 bits per heavy atom. The van der Waals surface area contributed by atoms with Crippen LogP contribution in [-0.2, 0) is 10.0 Å². The van der Waals surface area contributed by atoms with Crippen LogP contribution in [0.15, 0.2) is 39.8 Å². The number of rotatable bonds is 4. The predicted octanol–water partition coefficient (Wildman–Crippen LogP) is 3.24. The Balaban J connectivity index is 2.45. The summed E-state index contributed by atoms with van der Waals surface area (Å²) >= 11 is 14.8. The molecule has 0 aliphatic carbocycles. The number of nitrogens with two attached hydrogens (primary N) is 1. The molecule has 0 aliphatic heterocycles. The first kappa shape index (κ1) is 16.3. The SMILES string of the molecule is NNc1ncc(Br)cc1S(=O)(=O)Nc1cc(Cl)cc(Cl)c1. The summed E-state index contributed by atoms with van der Waals surface area (Å²) in [5, 5.41) is 0.620. The summed E-state index contributed by atoms with van der Waals surface area (Å²) in [5.41, 5.74) is 2.47. The standard InChI is InChI=1S/C11H9BrCl2N4O2S/c12-6-1-10(11(17-15)16-5-6)21(19,20)18-9-3-7(13)2-8(14)4-9/h1-5,18H,15H2,(H,16,17). The molecule has 10 heteroatoms. The van der Waals surface area contributed by atoms with Crippen LogP contribution in [0.1, 0.15) is 0 Å². The van der Waals surface area contributed by atoms with Gasteiger partial charge in [-0.25, -0.2) is 19.2 Å². The number of pyridine rings is 1. The topological polar surface area (TPSA) is 97.1 Å². The van der Waals surface area contributed by atoms with E-state index in [2.05, 4.69) is 31.1 Å². The van der Waals surface area contributed by atoms with Crippen molar-refractivity contribution in [2.75, 3.05) is 10.1 Å². The van der Waals surface area contributed by atoms with E-state index < -0.39 is 10.0 Å². The van der Waals surface area contributed by atoms with Crippen LogP contribution in [0.25, 0.3) is 0 Å². The van der Waals surface area contributed by atoms with Gasteiger partial charge >= 0.3 is 0 Å². The van der Waals surface area contributed by atoms with E-state index in [0.29, 0.717) is 14.5 Å². The second kappa shape index (κ2) is 6.37. The lowest BCUT2D eigenvalue weighted by Crippen LogP contribution is -2.18. The quantitative estimate of drug-likeness (QED) is 0.530. The summed E-state index contributed by atoms with van der Waals surface area (Å²) in [5.74, 6) is 5.29. The Labute approximate surface area is 139 Å². The molecule has 0 bridgehead atoms. The Hall–Kier alpha value is -1.06. The number of nitrogens with zero attached hydrogens (tertiary/aromatic N) is 1. The summed E-state index contributed by atoms with van der Waals surface area (Å²) in [4.78, 5) is 3.77. The Bertz CT molecular complexity index is 766. The third-order valence-electron chi connectivity index (χ3n) is 2.36. The summed E-state index contributed by atoms with van der Waals surface area (Å²) in [6, 6.07) is 5.74. The Kier molecular flexibility index (Phi) is 4.95. The van der Waals surface area contributed by atoms with Gasteiger partial charge in [-0.05, 0) is 40.2 Å². The highest BCUT2D eigenvalue weighted by atomic mass is 79.9. The third kappa shape index (κ3) is 3.98. The minimum absolute atomic E-state index is 0.0128. The molecular weight excluding hydrogens is 403 g/mol. The van der Waals surface area contributed by atoms with Crippen molar-refractivity contribution in [3.05, 3.63) is 45.0 Å². The molecule has 0 atom stereocenters. The van der Waals surface area contributed by atoms with Gasteiger partial charge in [0.25, 0.3) is 10.0 Å². The number of nitrogen functional groups attached to an aromatic ring is 1. The van der Waals surface area contributed by atoms with Crippen LogP contribution < -0.4 is 16.0 Å². The molecule has 112 valence electrons. The van der Waals surface area contributed by atoms with Crippen molar-refractivity contribution in [3.63, 3.8) is 0 Å². The lowest BCUT2D eigenvalue weighted by atomic mass is 10.3. The van der Waals surface area contributed by atoms with Crippen LogP contribution in [0, 0.1) is 0 Å². The van der Waals surface area contributed by atoms with Gasteiger partial charge in [0.2, 0.25) is 0 Å². The molecule has 0 aliphatic rings. The lowest BCUT2D eigenvalue weighted by molar-refractivity contribution is 0.601. The molecule has 2 aromatic rings. The molecular formula is C11H9BrCl2N4O2S. The van der Waals surface area contributed by atoms with Gasteiger partial charge < -0.3 is 5.43 Å². The fourth-order valence-electron chi connectivity index (χ4n) is 1.56. The number of anilines is 2. The van der Waals surface area contributed by atoms with Crippen molar-refractivity contribution in [2.24, 2.45) is 5.84 Å². The molecule has 2 rings (SSSR count). The number of sulfonamides is 1. The molecule has 0 radical (unpaired) electrons. The molecule has 4 N–H and O–H groups in total. The maximum atomic E-state index is 12.4. The van der Waals surface area contributed by atoms with Gasteiger partial charge in [0.15, 0.2) is 5.82 Å². The normalized spacial score (nSPS) is 11.2. The van der Waals surface area contributed by atoms with Crippen LogP contribution in [0.5, 0.6) is 0 Å². The fraction of sp³-hybridized carbons (Fsp3) is 0. The highest BCUT2D eigenvalue weighted by Crippen LogP contribution is 2.27. The van der Waals surface area contributed by atoms with Crippen molar-refractivity contribution in [3.8, 4) is 0 Å². The van der Waals surface area contributed by atoms with Gasteiger partial charge in [-0.15, -0.1) is 0 Å². The van der Waals surface area contributed by atoms with E-state index in [9.17, 15) is 8.42 Å². The Morgan fingerprint density at radius 2 is 1.76 bits per heavy atom. The first-order valence-electron chi connectivity index (χ1n) is 5.43. The molecule has 0 saturated carbocycles. The van der Waals surface area contributed by atoms with Crippen molar-refractivity contribution >= 4 is 60.7 Å². The zero-order chi connectivity index (χ0) is 15.6. The molecule has 1 heterocycles. The van der Waals surface area contributed by atoms with Crippen LogP contribution in [-0.4, -0.2) is 13.4 Å². The first-order chi connectivity index (χ1) is 9.81. The number of aromatic nitrogens is 1. The number of nitrogens with one attached hydrogen (secondary N) is 2. The zero-order valence-corrected chi connectivity index (χ0v) is 14.2. The fourth-order valence-corrected chi connectivity index (χ4v) is 3.75. The van der Waals surface area contributed by atoms with Gasteiger partial charge in [-0.3, -0.25) is 4.72 Å². The highest BCUT2D eigenvalue weighted by Gasteiger charge is 2.20. The second-order valence-electron chi connectivity index (χ2n) is 3.91. The number of hydrogen-bond donors (Lipinski definition) is 3.